The van der Waals surface area contributed by atoms with Crippen LogP contribution in [0.4, 0.5) is 70.2 Å². The average molecular weight is 611 g/mol. The number of carbonyl (C=O) groups excluding carboxylic acids is 1. The van der Waals surface area contributed by atoms with Gasteiger partial charge in [-0.1, -0.05) is 15.9 Å². The highest BCUT2D eigenvalue weighted by molar-refractivity contribution is 9.10. The van der Waals surface area contributed by atoms with E-state index in [0.29, 0.717) is 0 Å². The molecule has 0 fully saturated rings. The molecule has 0 aliphatic carbocycles. The van der Waals surface area contributed by atoms with Crippen molar-refractivity contribution in [2.24, 2.45) is 0 Å². The van der Waals surface area contributed by atoms with Crippen molar-refractivity contribution in [1.82, 2.24) is 0 Å². The minimum atomic E-state index is -8.58. The van der Waals surface area contributed by atoms with E-state index in [1.54, 1.807) is 0 Å². The van der Waals surface area contributed by atoms with Gasteiger partial charge in [0.15, 0.2) is 6.61 Å². The third-order valence-electron chi connectivity index (χ3n) is 3.96. The Morgan fingerprint density at radius 2 is 0.882 bits per heavy atom. The molecule has 0 rings (SSSR count). The molecule has 0 bridgehead atoms. The molecule has 0 aliphatic heterocycles. The monoisotopic (exact) mass is 610 g/mol. The maximum absolute atomic E-state index is 13.6. The standard InChI is InChI=1S/C14H11BrF16O3/c1-6(2,15)5(33)34-4-8(18,19)10(22,23)12(26,27)14(30,31)13(28,29)11(24,25)9(20,21)7(16,17)3-32/h32H,3-4H2,1-2H3. The number of ether oxygens (including phenoxy) is 1. The summed E-state index contributed by atoms with van der Waals surface area (Å²) in [5.41, 5.74) is 0. The fourth-order valence-electron chi connectivity index (χ4n) is 1.77. The van der Waals surface area contributed by atoms with Gasteiger partial charge in [0, 0.05) is 0 Å². The van der Waals surface area contributed by atoms with Crippen LogP contribution < -0.4 is 0 Å². The summed E-state index contributed by atoms with van der Waals surface area (Å²) in [6.45, 7) is -5.07. The summed E-state index contributed by atoms with van der Waals surface area (Å²) < 4.78 is 216. The van der Waals surface area contributed by atoms with Gasteiger partial charge in [0.25, 0.3) is 0 Å². The summed E-state index contributed by atoms with van der Waals surface area (Å²) in [5.74, 6) is -64.9. The molecule has 0 aliphatic rings. The second-order valence-corrected chi connectivity index (χ2v) is 9.04. The van der Waals surface area contributed by atoms with Crippen molar-refractivity contribution in [3.8, 4) is 0 Å². The smallest absolute Gasteiger partial charge is 0.385 e. The third-order valence-corrected chi connectivity index (χ3v) is 4.28. The number of aliphatic hydroxyl groups excluding tert-OH is 1. The molecule has 0 saturated heterocycles. The lowest BCUT2D eigenvalue weighted by atomic mass is 9.88. The number of hydrogen-bond acceptors (Lipinski definition) is 3. The first-order chi connectivity index (χ1) is 14.4. The first-order valence-electron chi connectivity index (χ1n) is 7.93. The number of carbonyl (C=O) groups is 1. The van der Waals surface area contributed by atoms with E-state index in [2.05, 4.69) is 20.7 Å². The zero-order chi connectivity index (χ0) is 28.2. The van der Waals surface area contributed by atoms with Crippen LogP contribution in [0.25, 0.3) is 0 Å². The van der Waals surface area contributed by atoms with Gasteiger partial charge in [-0.15, -0.1) is 0 Å². The molecular formula is C14H11BrF16O3. The highest BCUT2D eigenvalue weighted by Crippen LogP contribution is 2.63. The highest BCUT2D eigenvalue weighted by atomic mass is 79.9. The zero-order valence-electron chi connectivity index (χ0n) is 16.1. The topological polar surface area (TPSA) is 46.5 Å². The van der Waals surface area contributed by atoms with Crippen molar-refractivity contribution in [1.29, 1.82) is 0 Å². The molecule has 0 atom stereocenters. The van der Waals surface area contributed by atoms with Crippen LogP contribution in [0.5, 0.6) is 0 Å². The van der Waals surface area contributed by atoms with Crippen LogP contribution in [0.15, 0.2) is 0 Å². The van der Waals surface area contributed by atoms with Crippen molar-refractivity contribution < 1.29 is 84.9 Å². The van der Waals surface area contributed by atoms with Crippen LogP contribution in [-0.2, 0) is 9.53 Å². The summed E-state index contributed by atoms with van der Waals surface area (Å²) >= 11 is 2.41. The highest BCUT2D eigenvalue weighted by Gasteiger charge is 2.94. The van der Waals surface area contributed by atoms with Crippen LogP contribution in [0.2, 0.25) is 0 Å². The molecule has 0 spiro atoms. The summed E-state index contributed by atoms with van der Waals surface area (Å²) in [4.78, 5) is 11.2. The number of hydrogen-bond donors (Lipinski definition) is 1. The van der Waals surface area contributed by atoms with Gasteiger partial charge in [-0.3, -0.25) is 4.79 Å². The Labute approximate surface area is 186 Å². The number of halogens is 17. The van der Waals surface area contributed by atoms with E-state index < -0.39 is 70.9 Å². The first kappa shape index (κ1) is 32.8. The van der Waals surface area contributed by atoms with Gasteiger partial charge in [0.2, 0.25) is 0 Å². The molecule has 0 aromatic carbocycles. The van der Waals surface area contributed by atoms with Gasteiger partial charge in [0.1, 0.15) is 10.9 Å². The van der Waals surface area contributed by atoms with E-state index in [4.69, 9.17) is 5.11 Å². The van der Waals surface area contributed by atoms with Crippen molar-refractivity contribution in [3.63, 3.8) is 0 Å². The van der Waals surface area contributed by atoms with Gasteiger partial charge in [0.05, 0.1) is 0 Å². The Hall–Kier alpha value is -1.21. The van der Waals surface area contributed by atoms with Crippen LogP contribution >= 0.6 is 15.9 Å². The van der Waals surface area contributed by atoms with Crippen LogP contribution in [0, 0.1) is 0 Å². The molecule has 204 valence electrons. The molecule has 20 heteroatoms. The summed E-state index contributed by atoms with van der Waals surface area (Å²) in [5, 5.41) is 7.91. The molecule has 1 N–H and O–H groups in total. The van der Waals surface area contributed by atoms with Crippen LogP contribution in [0.1, 0.15) is 13.8 Å². The second-order valence-electron chi connectivity index (χ2n) is 7.06. The number of alkyl halides is 17. The molecular weight excluding hydrogens is 600 g/mol. The van der Waals surface area contributed by atoms with Crippen molar-refractivity contribution >= 4 is 21.9 Å². The van der Waals surface area contributed by atoms with E-state index in [1.165, 1.54) is 0 Å². The lowest BCUT2D eigenvalue weighted by Crippen LogP contribution is -2.75. The van der Waals surface area contributed by atoms with Gasteiger partial charge >= 0.3 is 53.3 Å². The van der Waals surface area contributed by atoms with Crippen LogP contribution in [-0.4, -0.2) is 76.0 Å². The van der Waals surface area contributed by atoms with Gasteiger partial charge in [-0.05, 0) is 13.8 Å². The lowest BCUT2D eigenvalue weighted by molar-refractivity contribution is -0.454. The maximum atomic E-state index is 13.6. The molecule has 0 heterocycles. The second kappa shape index (κ2) is 8.72. The molecule has 0 aromatic heterocycles. The van der Waals surface area contributed by atoms with E-state index in [-0.39, 0.29) is 0 Å². The normalized spacial score (nSPS) is 16.0. The fourth-order valence-corrected chi connectivity index (χ4v) is 1.88. The Kier molecular flexibility index (Phi) is 8.41. The number of esters is 1. The third kappa shape index (κ3) is 4.63. The molecule has 0 saturated carbocycles. The van der Waals surface area contributed by atoms with E-state index >= 15 is 0 Å². The Balaban J connectivity index is 6.56. The summed E-state index contributed by atoms with van der Waals surface area (Å²) in [6, 6.07) is 0. The average Bonchev–Trinajstić information content (AvgIpc) is 2.63. The minimum Gasteiger partial charge on any atom is -0.458 e. The molecule has 34 heavy (non-hydrogen) atoms. The van der Waals surface area contributed by atoms with E-state index in [0.717, 1.165) is 13.8 Å². The zero-order valence-corrected chi connectivity index (χ0v) is 17.7. The SMILES string of the molecule is CC(C)(Br)C(=O)OCC(F)(F)C(F)(F)C(F)(F)C(F)(F)C(F)(F)C(F)(F)C(F)(F)C(F)(F)CO. The van der Waals surface area contributed by atoms with Gasteiger partial charge < -0.3 is 9.84 Å². The van der Waals surface area contributed by atoms with E-state index in [1.807, 2.05) is 0 Å². The molecule has 0 radical (unpaired) electrons. The van der Waals surface area contributed by atoms with Crippen molar-refractivity contribution in [2.75, 3.05) is 13.2 Å². The lowest BCUT2D eigenvalue weighted by Gasteiger charge is -2.43. The fraction of sp³-hybridized carbons (Fsp3) is 0.929. The Bertz CT molecular complexity index is 759. The molecule has 3 nitrogen and oxygen atoms in total. The van der Waals surface area contributed by atoms with Crippen molar-refractivity contribution in [3.05, 3.63) is 0 Å². The van der Waals surface area contributed by atoms with Crippen LogP contribution in [0.3, 0.4) is 0 Å². The molecule has 0 aromatic rings. The number of aliphatic hydroxyl groups is 1. The van der Waals surface area contributed by atoms with Gasteiger partial charge in [-0.2, -0.15) is 70.2 Å². The molecule has 0 unspecified atom stereocenters. The Morgan fingerprint density at radius 3 is 1.15 bits per heavy atom. The Morgan fingerprint density at radius 1 is 0.618 bits per heavy atom. The predicted octanol–water partition coefficient (Wildman–Crippen LogP) is 5.78. The minimum absolute atomic E-state index is 0.805. The quantitative estimate of drug-likeness (QED) is 0.183. The largest absolute Gasteiger partial charge is 0.458 e. The maximum Gasteiger partial charge on any atom is 0.385 e. The molecule has 0 amide bonds. The summed E-state index contributed by atoms with van der Waals surface area (Å²) in [7, 11) is 0. The predicted molar refractivity (Wildman–Crippen MR) is 80.6 cm³/mol. The number of rotatable bonds is 11. The van der Waals surface area contributed by atoms with E-state index in [9.17, 15) is 75.0 Å². The van der Waals surface area contributed by atoms with Crippen molar-refractivity contribution in [2.45, 2.75) is 65.6 Å². The van der Waals surface area contributed by atoms with Gasteiger partial charge in [-0.25, -0.2) is 0 Å². The first-order valence-corrected chi connectivity index (χ1v) is 8.73. The summed E-state index contributed by atoms with van der Waals surface area (Å²) in [6.07, 6.45) is 0.